The predicted molar refractivity (Wildman–Crippen MR) is 53.9 cm³/mol. The number of hydrogen-bond acceptors (Lipinski definition) is 2. The Bertz CT molecular complexity index is 282. The van der Waals surface area contributed by atoms with E-state index < -0.39 is 5.97 Å². The van der Waals surface area contributed by atoms with Crippen LogP contribution in [0.2, 0.25) is 0 Å². The summed E-state index contributed by atoms with van der Waals surface area (Å²) in [7, 11) is 1.92. The smallest absolute Gasteiger partial charge is 0.307 e. The van der Waals surface area contributed by atoms with Crippen LogP contribution < -0.4 is 0 Å². The number of aliphatic carboxylic acids is 1. The molecule has 1 unspecified atom stereocenters. The van der Waals surface area contributed by atoms with Gasteiger partial charge in [-0.25, -0.2) is 0 Å². The maximum Gasteiger partial charge on any atom is 0.307 e. The third kappa shape index (κ3) is 3.22. The first-order valence-electron chi connectivity index (χ1n) is 4.63. The average Bonchev–Trinajstić information content (AvgIpc) is 2.56. The van der Waals surface area contributed by atoms with Gasteiger partial charge in [-0.05, 0) is 19.2 Å². The van der Waals surface area contributed by atoms with E-state index in [9.17, 15) is 4.79 Å². The molecule has 0 radical (unpaired) electrons. The SMILES string of the molecule is CC(CN(C)Cc1ccc[nH]1)C(=O)O. The van der Waals surface area contributed by atoms with Gasteiger partial charge in [0, 0.05) is 25.0 Å². The Morgan fingerprint density at radius 3 is 2.93 bits per heavy atom. The lowest BCUT2D eigenvalue weighted by atomic mass is 10.2. The quantitative estimate of drug-likeness (QED) is 0.743. The van der Waals surface area contributed by atoms with Crippen molar-refractivity contribution in [3.63, 3.8) is 0 Å². The molecule has 0 fully saturated rings. The molecule has 0 aliphatic rings. The first kappa shape index (κ1) is 10.8. The molecule has 4 nitrogen and oxygen atoms in total. The molecule has 1 rings (SSSR count). The van der Waals surface area contributed by atoms with Crippen LogP contribution in [-0.4, -0.2) is 34.6 Å². The van der Waals surface area contributed by atoms with E-state index in [4.69, 9.17) is 5.11 Å². The van der Waals surface area contributed by atoms with Gasteiger partial charge >= 0.3 is 5.97 Å². The van der Waals surface area contributed by atoms with E-state index in [2.05, 4.69) is 4.98 Å². The number of aromatic nitrogens is 1. The summed E-state index contributed by atoms with van der Waals surface area (Å²) < 4.78 is 0. The molecule has 0 aliphatic heterocycles. The number of carbonyl (C=O) groups is 1. The van der Waals surface area contributed by atoms with E-state index in [1.165, 1.54) is 0 Å². The van der Waals surface area contributed by atoms with Crippen molar-refractivity contribution >= 4 is 5.97 Å². The Morgan fingerprint density at radius 1 is 1.71 bits per heavy atom. The van der Waals surface area contributed by atoms with Crippen molar-refractivity contribution in [2.75, 3.05) is 13.6 Å². The summed E-state index contributed by atoms with van der Waals surface area (Å²) in [6.07, 6.45) is 1.86. The molecular weight excluding hydrogens is 180 g/mol. The van der Waals surface area contributed by atoms with E-state index in [1.807, 2.05) is 30.3 Å². The normalized spacial score (nSPS) is 13.1. The first-order valence-corrected chi connectivity index (χ1v) is 4.63. The number of H-pyrrole nitrogens is 1. The van der Waals surface area contributed by atoms with Gasteiger partial charge in [-0.2, -0.15) is 0 Å². The van der Waals surface area contributed by atoms with E-state index in [-0.39, 0.29) is 5.92 Å². The number of hydrogen-bond donors (Lipinski definition) is 2. The molecule has 1 aromatic heterocycles. The number of rotatable bonds is 5. The van der Waals surface area contributed by atoms with Crippen molar-refractivity contribution in [3.05, 3.63) is 24.0 Å². The summed E-state index contributed by atoms with van der Waals surface area (Å²) in [5.74, 6) is -1.07. The van der Waals surface area contributed by atoms with Gasteiger partial charge in [0.15, 0.2) is 0 Å². The van der Waals surface area contributed by atoms with Crippen molar-refractivity contribution < 1.29 is 9.90 Å². The largest absolute Gasteiger partial charge is 0.481 e. The second-order valence-corrected chi connectivity index (χ2v) is 3.63. The van der Waals surface area contributed by atoms with Gasteiger partial charge in [-0.15, -0.1) is 0 Å². The highest BCUT2D eigenvalue weighted by atomic mass is 16.4. The van der Waals surface area contributed by atoms with Gasteiger partial charge in [0.2, 0.25) is 0 Å². The van der Waals surface area contributed by atoms with E-state index in [0.29, 0.717) is 6.54 Å². The summed E-state index contributed by atoms with van der Waals surface area (Å²) in [6.45, 7) is 3.03. The Morgan fingerprint density at radius 2 is 2.43 bits per heavy atom. The number of carboxylic acids is 1. The molecule has 0 amide bonds. The van der Waals surface area contributed by atoms with Crippen LogP contribution in [0, 0.1) is 5.92 Å². The maximum absolute atomic E-state index is 10.6. The number of nitrogens with zero attached hydrogens (tertiary/aromatic N) is 1. The Balaban J connectivity index is 2.36. The Hall–Kier alpha value is -1.29. The molecule has 1 heterocycles. The van der Waals surface area contributed by atoms with Crippen LogP contribution in [0.15, 0.2) is 18.3 Å². The average molecular weight is 196 g/mol. The highest BCUT2D eigenvalue weighted by Gasteiger charge is 2.13. The zero-order chi connectivity index (χ0) is 10.6. The number of aromatic amines is 1. The highest BCUT2D eigenvalue weighted by Crippen LogP contribution is 2.03. The zero-order valence-corrected chi connectivity index (χ0v) is 8.53. The summed E-state index contributed by atoms with van der Waals surface area (Å²) >= 11 is 0. The van der Waals surface area contributed by atoms with Gasteiger partial charge in [0.1, 0.15) is 0 Å². The molecule has 4 heteroatoms. The lowest BCUT2D eigenvalue weighted by Gasteiger charge is -2.17. The van der Waals surface area contributed by atoms with Gasteiger partial charge in [-0.3, -0.25) is 9.69 Å². The minimum absolute atomic E-state index is 0.324. The standard InChI is InChI=1S/C10H16N2O2/c1-8(10(13)14)6-12(2)7-9-4-3-5-11-9/h3-5,8,11H,6-7H2,1-2H3,(H,13,14). The van der Waals surface area contributed by atoms with Gasteiger partial charge in [0.05, 0.1) is 5.92 Å². The lowest BCUT2D eigenvalue weighted by molar-refractivity contribution is -0.141. The fourth-order valence-corrected chi connectivity index (χ4v) is 1.37. The second kappa shape index (κ2) is 4.81. The lowest BCUT2D eigenvalue weighted by Crippen LogP contribution is -2.28. The Labute approximate surface area is 83.5 Å². The topological polar surface area (TPSA) is 56.3 Å². The molecule has 0 spiro atoms. The van der Waals surface area contributed by atoms with Crippen LogP contribution in [0.5, 0.6) is 0 Å². The van der Waals surface area contributed by atoms with Crippen LogP contribution in [0.25, 0.3) is 0 Å². The van der Waals surface area contributed by atoms with Gasteiger partial charge in [-0.1, -0.05) is 6.92 Å². The summed E-state index contributed by atoms with van der Waals surface area (Å²) in [5, 5.41) is 8.72. The van der Waals surface area contributed by atoms with Crippen molar-refractivity contribution in [2.24, 2.45) is 5.92 Å². The van der Waals surface area contributed by atoms with E-state index >= 15 is 0 Å². The van der Waals surface area contributed by atoms with E-state index in [1.54, 1.807) is 6.92 Å². The molecular formula is C10H16N2O2. The van der Waals surface area contributed by atoms with Crippen molar-refractivity contribution in [2.45, 2.75) is 13.5 Å². The molecule has 2 N–H and O–H groups in total. The monoisotopic (exact) mass is 196 g/mol. The summed E-state index contributed by atoms with van der Waals surface area (Å²) in [5.41, 5.74) is 1.10. The van der Waals surface area contributed by atoms with Crippen molar-refractivity contribution in [3.8, 4) is 0 Å². The first-order chi connectivity index (χ1) is 6.59. The molecule has 78 valence electrons. The number of carboxylic acid groups (broad SMARTS) is 1. The van der Waals surface area contributed by atoms with Crippen LogP contribution in [0.4, 0.5) is 0 Å². The molecule has 14 heavy (non-hydrogen) atoms. The van der Waals surface area contributed by atoms with Gasteiger partial charge in [0.25, 0.3) is 0 Å². The molecule has 0 saturated carbocycles. The van der Waals surface area contributed by atoms with Crippen LogP contribution in [-0.2, 0) is 11.3 Å². The molecule has 0 saturated heterocycles. The summed E-state index contributed by atoms with van der Waals surface area (Å²) in [6, 6.07) is 3.92. The van der Waals surface area contributed by atoms with Crippen LogP contribution in [0.1, 0.15) is 12.6 Å². The zero-order valence-electron chi connectivity index (χ0n) is 8.53. The van der Waals surface area contributed by atoms with Crippen molar-refractivity contribution in [1.29, 1.82) is 0 Å². The molecule has 1 aromatic rings. The Kier molecular flexibility index (Phi) is 3.71. The third-order valence-corrected chi connectivity index (χ3v) is 2.11. The maximum atomic E-state index is 10.6. The second-order valence-electron chi connectivity index (χ2n) is 3.63. The van der Waals surface area contributed by atoms with Crippen LogP contribution >= 0.6 is 0 Å². The molecule has 0 bridgehead atoms. The van der Waals surface area contributed by atoms with Crippen molar-refractivity contribution in [1.82, 2.24) is 9.88 Å². The fourth-order valence-electron chi connectivity index (χ4n) is 1.37. The molecule has 0 aliphatic carbocycles. The van der Waals surface area contributed by atoms with E-state index in [0.717, 1.165) is 12.2 Å². The highest BCUT2D eigenvalue weighted by molar-refractivity contribution is 5.69. The third-order valence-electron chi connectivity index (χ3n) is 2.11. The molecule has 1 atom stereocenters. The minimum Gasteiger partial charge on any atom is -0.481 e. The van der Waals surface area contributed by atoms with Gasteiger partial charge < -0.3 is 10.1 Å². The van der Waals surface area contributed by atoms with Crippen LogP contribution in [0.3, 0.4) is 0 Å². The minimum atomic E-state index is -0.747. The predicted octanol–water partition coefficient (Wildman–Crippen LogP) is 1.17. The summed E-state index contributed by atoms with van der Waals surface area (Å²) in [4.78, 5) is 15.7. The number of nitrogens with one attached hydrogen (secondary N) is 1. The fraction of sp³-hybridized carbons (Fsp3) is 0.500. The molecule has 0 aromatic carbocycles.